The maximum absolute atomic E-state index is 12.9. The molecule has 1 aromatic carbocycles. The van der Waals surface area contributed by atoms with E-state index in [1.165, 1.54) is 0 Å². The molecule has 0 heterocycles. The second-order valence-electron chi connectivity index (χ2n) is 2.34. The third-order valence-corrected chi connectivity index (χ3v) is 3.34. The zero-order chi connectivity index (χ0) is 10.7. The van der Waals surface area contributed by atoms with Crippen LogP contribution in [0.25, 0.3) is 0 Å². The summed E-state index contributed by atoms with van der Waals surface area (Å²) in [5.41, 5.74) is 0. The Kier molecular flexibility index (Phi) is 4.25. The Balaban J connectivity index is 3.06. The van der Waals surface area contributed by atoms with Gasteiger partial charge < -0.3 is 0 Å². The molecule has 0 amide bonds. The first-order valence-corrected chi connectivity index (χ1v) is 5.70. The molecule has 0 radical (unpaired) electrons. The molecule has 0 fully saturated rings. The average molecular weight is 289 g/mol. The third kappa shape index (κ3) is 2.42. The van der Waals surface area contributed by atoms with Gasteiger partial charge in [0.05, 0.1) is 0 Å². The SMILES string of the molecule is Fc1cc(SCCBr)c(F)c(F)c1F. The summed E-state index contributed by atoms with van der Waals surface area (Å²) in [6, 6.07) is 0.654. The Morgan fingerprint density at radius 1 is 1.07 bits per heavy atom. The maximum Gasteiger partial charge on any atom is 0.198 e. The summed E-state index contributed by atoms with van der Waals surface area (Å²) < 4.78 is 50.7. The van der Waals surface area contributed by atoms with Gasteiger partial charge in [-0.3, -0.25) is 0 Å². The topological polar surface area (TPSA) is 0 Å². The van der Waals surface area contributed by atoms with Crippen LogP contribution in [-0.2, 0) is 0 Å². The summed E-state index contributed by atoms with van der Waals surface area (Å²) in [5.74, 6) is -5.80. The van der Waals surface area contributed by atoms with E-state index in [2.05, 4.69) is 15.9 Å². The monoisotopic (exact) mass is 288 g/mol. The Morgan fingerprint density at radius 2 is 1.71 bits per heavy atom. The lowest BCUT2D eigenvalue weighted by Gasteiger charge is -2.03. The van der Waals surface area contributed by atoms with Gasteiger partial charge in [-0.2, -0.15) is 0 Å². The second kappa shape index (κ2) is 5.02. The van der Waals surface area contributed by atoms with Crippen LogP contribution in [0.2, 0.25) is 0 Å². The summed E-state index contributed by atoms with van der Waals surface area (Å²) in [4.78, 5) is -0.221. The highest BCUT2D eigenvalue weighted by Crippen LogP contribution is 2.27. The van der Waals surface area contributed by atoms with Crippen molar-refractivity contribution in [3.63, 3.8) is 0 Å². The molecule has 0 nitrogen and oxygen atoms in total. The van der Waals surface area contributed by atoms with Crippen LogP contribution in [0.4, 0.5) is 17.6 Å². The van der Waals surface area contributed by atoms with Gasteiger partial charge in [0, 0.05) is 16.0 Å². The number of halogens is 5. The molecule has 1 aromatic rings. The van der Waals surface area contributed by atoms with Gasteiger partial charge in [-0.25, -0.2) is 17.6 Å². The Bertz CT molecular complexity index is 343. The van der Waals surface area contributed by atoms with Gasteiger partial charge in [0.2, 0.25) is 0 Å². The van der Waals surface area contributed by atoms with Crippen molar-refractivity contribution in [2.45, 2.75) is 4.90 Å². The largest absolute Gasteiger partial charge is 0.204 e. The first kappa shape index (κ1) is 11.8. The van der Waals surface area contributed by atoms with Crippen LogP contribution < -0.4 is 0 Å². The minimum atomic E-state index is -1.77. The molecule has 1 rings (SSSR count). The molecule has 0 saturated heterocycles. The van der Waals surface area contributed by atoms with Crippen molar-refractivity contribution in [1.82, 2.24) is 0 Å². The zero-order valence-corrected chi connectivity index (χ0v) is 9.19. The maximum atomic E-state index is 12.9. The minimum absolute atomic E-state index is 0.221. The van der Waals surface area contributed by atoms with Gasteiger partial charge in [0.15, 0.2) is 23.3 Å². The fourth-order valence-corrected chi connectivity index (χ4v) is 1.99. The molecule has 0 aliphatic rings. The first-order valence-electron chi connectivity index (χ1n) is 3.59. The van der Waals surface area contributed by atoms with Crippen molar-refractivity contribution in [3.8, 4) is 0 Å². The number of alkyl halides is 1. The molecule has 0 aliphatic carbocycles. The van der Waals surface area contributed by atoms with E-state index in [9.17, 15) is 17.6 Å². The molecule has 0 spiro atoms. The van der Waals surface area contributed by atoms with Crippen LogP contribution in [0.1, 0.15) is 0 Å². The molecule has 78 valence electrons. The number of benzene rings is 1. The van der Waals surface area contributed by atoms with E-state index in [-0.39, 0.29) is 4.90 Å². The van der Waals surface area contributed by atoms with E-state index in [1.54, 1.807) is 0 Å². The Morgan fingerprint density at radius 3 is 2.29 bits per heavy atom. The van der Waals surface area contributed by atoms with E-state index < -0.39 is 23.3 Å². The molecule has 0 aromatic heterocycles. The van der Waals surface area contributed by atoms with Crippen molar-refractivity contribution in [1.29, 1.82) is 0 Å². The predicted molar refractivity (Wildman–Crippen MR) is 50.8 cm³/mol. The number of hydrogen-bond donors (Lipinski definition) is 0. The van der Waals surface area contributed by atoms with E-state index >= 15 is 0 Å². The summed E-state index contributed by atoms with van der Waals surface area (Å²) in [6.45, 7) is 0. The molecule has 0 saturated carbocycles. The molecule has 0 N–H and O–H groups in total. The summed E-state index contributed by atoms with van der Waals surface area (Å²) in [6.07, 6.45) is 0. The lowest BCUT2D eigenvalue weighted by atomic mass is 10.3. The van der Waals surface area contributed by atoms with Crippen LogP contribution >= 0.6 is 27.7 Å². The van der Waals surface area contributed by atoms with Gasteiger partial charge in [-0.05, 0) is 6.07 Å². The van der Waals surface area contributed by atoms with E-state index in [1.807, 2.05) is 0 Å². The van der Waals surface area contributed by atoms with Gasteiger partial charge >= 0.3 is 0 Å². The van der Waals surface area contributed by atoms with Gasteiger partial charge in [-0.15, -0.1) is 11.8 Å². The van der Waals surface area contributed by atoms with Crippen molar-refractivity contribution in [3.05, 3.63) is 29.3 Å². The lowest BCUT2D eigenvalue weighted by molar-refractivity contribution is 0.398. The summed E-state index contributed by atoms with van der Waals surface area (Å²) in [5, 5.41) is 0.553. The minimum Gasteiger partial charge on any atom is -0.204 e. The quantitative estimate of drug-likeness (QED) is 0.269. The molecule has 6 heteroatoms. The van der Waals surface area contributed by atoms with E-state index in [0.717, 1.165) is 11.8 Å². The highest BCUT2D eigenvalue weighted by molar-refractivity contribution is 9.09. The van der Waals surface area contributed by atoms with Crippen LogP contribution in [0.5, 0.6) is 0 Å². The molecule has 0 atom stereocenters. The van der Waals surface area contributed by atoms with Crippen molar-refractivity contribution >= 4 is 27.7 Å². The van der Waals surface area contributed by atoms with Crippen LogP contribution in [0.15, 0.2) is 11.0 Å². The third-order valence-electron chi connectivity index (χ3n) is 1.40. The van der Waals surface area contributed by atoms with Crippen LogP contribution in [0.3, 0.4) is 0 Å². The van der Waals surface area contributed by atoms with Crippen molar-refractivity contribution in [2.24, 2.45) is 0 Å². The predicted octanol–water partition coefficient (Wildman–Crippen LogP) is 3.73. The Labute approximate surface area is 90.8 Å². The second-order valence-corrected chi connectivity index (χ2v) is 4.27. The molecular weight excluding hydrogens is 284 g/mol. The Hall–Kier alpha value is -0.230. The molecule has 14 heavy (non-hydrogen) atoms. The molecule has 0 unspecified atom stereocenters. The first-order chi connectivity index (χ1) is 6.57. The molecule has 0 aliphatic heterocycles. The van der Waals surface area contributed by atoms with Gasteiger partial charge in [-0.1, -0.05) is 15.9 Å². The van der Waals surface area contributed by atoms with E-state index in [4.69, 9.17) is 0 Å². The van der Waals surface area contributed by atoms with Gasteiger partial charge in [0.25, 0.3) is 0 Å². The van der Waals surface area contributed by atoms with Crippen LogP contribution in [0, 0.1) is 23.3 Å². The summed E-state index contributed by atoms with van der Waals surface area (Å²) >= 11 is 3.99. The normalized spacial score (nSPS) is 10.6. The van der Waals surface area contributed by atoms with Crippen molar-refractivity contribution < 1.29 is 17.6 Å². The standard InChI is InChI=1S/C8H5BrF4S/c9-1-2-14-5-3-4(10)6(11)8(13)7(5)12/h3H,1-2H2. The molecular formula is C8H5BrF4S. The summed E-state index contributed by atoms with van der Waals surface area (Å²) in [7, 11) is 0. The highest BCUT2D eigenvalue weighted by Gasteiger charge is 2.18. The number of hydrogen-bond acceptors (Lipinski definition) is 1. The fourth-order valence-electron chi connectivity index (χ4n) is 0.805. The van der Waals surface area contributed by atoms with E-state index in [0.29, 0.717) is 17.1 Å². The fraction of sp³-hybridized carbons (Fsp3) is 0.250. The lowest BCUT2D eigenvalue weighted by Crippen LogP contribution is -1.98. The number of thioether (sulfide) groups is 1. The zero-order valence-electron chi connectivity index (χ0n) is 6.79. The van der Waals surface area contributed by atoms with Crippen LogP contribution in [-0.4, -0.2) is 11.1 Å². The smallest absolute Gasteiger partial charge is 0.198 e. The van der Waals surface area contributed by atoms with Crippen molar-refractivity contribution in [2.75, 3.05) is 11.1 Å². The number of rotatable bonds is 3. The average Bonchev–Trinajstić information content (AvgIpc) is 2.18. The van der Waals surface area contributed by atoms with Gasteiger partial charge in [0.1, 0.15) is 0 Å². The highest BCUT2D eigenvalue weighted by atomic mass is 79.9. The molecule has 0 bridgehead atoms.